The second kappa shape index (κ2) is 8.98. The Labute approximate surface area is 118 Å². The van der Waals surface area contributed by atoms with Gasteiger partial charge in [0.15, 0.2) is 0 Å². The fraction of sp³-hybridized carbons (Fsp3) is 0.647. The molecule has 0 aliphatic rings. The highest BCUT2D eigenvalue weighted by Gasteiger charge is 2.04. The zero-order chi connectivity index (χ0) is 14.1. The van der Waals surface area contributed by atoms with E-state index in [0.29, 0.717) is 0 Å². The summed E-state index contributed by atoms with van der Waals surface area (Å²) in [4.78, 5) is 0. The lowest BCUT2D eigenvalue weighted by Gasteiger charge is -2.13. The van der Waals surface area contributed by atoms with Crippen LogP contribution in [0.4, 0.5) is 0 Å². The van der Waals surface area contributed by atoms with E-state index in [0.717, 1.165) is 25.4 Å². The van der Waals surface area contributed by atoms with Crippen molar-refractivity contribution < 1.29 is 4.74 Å². The highest BCUT2D eigenvalue weighted by atomic mass is 16.5. The molecule has 0 aliphatic carbocycles. The van der Waals surface area contributed by atoms with E-state index in [1.54, 1.807) is 0 Å². The van der Waals surface area contributed by atoms with Gasteiger partial charge in [0.25, 0.3) is 0 Å². The van der Waals surface area contributed by atoms with Crippen LogP contribution in [0.3, 0.4) is 0 Å². The predicted octanol–water partition coefficient (Wildman–Crippen LogP) is 4.16. The van der Waals surface area contributed by atoms with Crippen LogP contribution in [0, 0.1) is 20.8 Å². The third kappa shape index (κ3) is 6.11. The third-order valence-corrected chi connectivity index (χ3v) is 3.34. The predicted molar refractivity (Wildman–Crippen MR) is 83.2 cm³/mol. The summed E-state index contributed by atoms with van der Waals surface area (Å²) in [7, 11) is 0. The molecule has 1 aromatic rings. The minimum absolute atomic E-state index is 0.749. The van der Waals surface area contributed by atoms with Crippen molar-refractivity contribution in [1.29, 1.82) is 0 Å². The number of ether oxygens (including phenoxy) is 1. The molecular formula is C17H29NO. The van der Waals surface area contributed by atoms with Crippen LogP contribution in [0.2, 0.25) is 0 Å². The lowest BCUT2D eigenvalue weighted by atomic mass is 10.1. The number of hydrogen-bond acceptors (Lipinski definition) is 2. The average Bonchev–Trinajstić information content (AvgIpc) is 2.35. The number of hydrogen-bond donors (Lipinski definition) is 1. The first-order chi connectivity index (χ1) is 9.15. The zero-order valence-corrected chi connectivity index (χ0v) is 13.0. The average molecular weight is 263 g/mol. The van der Waals surface area contributed by atoms with Crippen LogP contribution in [0.25, 0.3) is 0 Å². The fourth-order valence-electron chi connectivity index (χ4n) is 2.42. The molecule has 108 valence electrons. The summed E-state index contributed by atoms with van der Waals surface area (Å²) in [5.41, 5.74) is 3.78. The molecule has 19 heavy (non-hydrogen) atoms. The molecular weight excluding hydrogens is 234 g/mol. The molecule has 0 atom stereocenters. The number of benzene rings is 1. The molecule has 1 N–H and O–H groups in total. The van der Waals surface area contributed by atoms with Crippen LogP contribution < -0.4 is 10.1 Å². The summed E-state index contributed by atoms with van der Waals surface area (Å²) in [5, 5.41) is 3.44. The fourth-order valence-corrected chi connectivity index (χ4v) is 2.42. The monoisotopic (exact) mass is 263 g/mol. The third-order valence-electron chi connectivity index (χ3n) is 3.34. The van der Waals surface area contributed by atoms with Crippen molar-refractivity contribution in [3.63, 3.8) is 0 Å². The smallest absolute Gasteiger partial charge is 0.125 e. The zero-order valence-electron chi connectivity index (χ0n) is 13.0. The molecule has 2 nitrogen and oxygen atoms in total. The van der Waals surface area contributed by atoms with E-state index in [4.69, 9.17) is 4.74 Å². The van der Waals surface area contributed by atoms with Gasteiger partial charge in [-0.1, -0.05) is 43.9 Å². The van der Waals surface area contributed by atoms with Crippen molar-refractivity contribution in [3.8, 4) is 5.75 Å². The Bertz CT molecular complexity index is 351. The summed E-state index contributed by atoms with van der Waals surface area (Å²) < 4.78 is 5.89. The van der Waals surface area contributed by atoms with Crippen molar-refractivity contribution in [2.24, 2.45) is 0 Å². The molecule has 0 spiro atoms. The summed E-state index contributed by atoms with van der Waals surface area (Å²) in [6.45, 7) is 11.4. The van der Waals surface area contributed by atoms with Crippen LogP contribution in [-0.4, -0.2) is 19.7 Å². The first-order valence-corrected chi connectivity index (χ1v) is 7.56. The summed E-state index contributed by atoms with van der Waals surface area (Å²) in [6, 6.07) is 4.36. The molecule has 0 saturated carbocycles. The van der Waals surface area contributed by atoms with E-state index in [-0.39, 0.29) is 0 Å². The van der Waals surface area contributed by atoms with Gasteiger partial charge in [-0.2, -0.15) is 0 Å². The molecule has 0 amide bonds. The van der Waals surface area contributed by atoms with Gasteiger partial charge in [-0.15, -0.1) is 0 Å². The quantitative estimate of drug-likeness (QED) is 0.675. The Kier molecular flexibility index (Phi) is 7.57. The first-order valence-electron chi connectivity index (χ1n) is 7.56. The van der Waals surface area contributed by atoms with Gasteiger partial charge in [-0.3, -0.25) is 0 Å². The van der Waals surface area contributed by atoms with Crippen molar-refractivity contribution in [2.75, 3.05) is 19.7 Å². The van der Waals surface area contributed by atoms with Gasteiger partial charge >= 0.3 is 0 Å². The lowest BCUT2D eigenvalue weighted by Crippen LogP contribution is -2.22. The van der Waals surface area contributed by atoms with Crippen LogP contribution in [0.15, 0.2) is 12.1 Å². The van der Waals surface area contributed by atoms with Crippen molar-refractivity contribution in [2.45, 2.75) is 53.4 Å². The summed E-state index contributed by atoms with van der Waals surface area (Å²) in [6.07, 6.45) is 5.26. The maximum atomic E-state index is 5.89. The Balaban J connectivity index is 2.19. The molecule has 0 fully saturated rings. The van der Waals surface area contributed by atoms with E-state index in [2.05, 4.69) is 45.1 Å². The molecule has 0 bridgehead atoms. The normalized spacial score (nSPS) is 10.7. The molecule has 2 heteroatoms. The number of aryl methyl sites for hydroxylation is 3. The topological polar surface area (TPSA) is 21.3 Å². The van der Waals surface area contributed by atoms with Crippen LogP contribution >= 0.6 is 0 Å². The van der Waals surface area contributed by atoms with Crippen molar-refractivity contribution >= 4 is 0 Å². The van der Waals surface area contributed by atoms with E-state index < -0.39 is 0 Å². The van der Waals surface area contributed by atoms with Crippen molar-refractivity contribution in [1.82, 2.24) is 5.32 Å². The number of unbranched alkanes of at least 4 members (excludes halogenated alkanes) is 3. The molecule has 1 rings (SSSR count). The van der Waals surface area contributed by atoms with Crippen LogP contribution in [0.1, 0.15) is 49.3 Å². The molecule has 0 unspecified atom stereocenters. The Hall–Kier alpha value is -1.02. The molecule has 0 aliphatic heterocycles. The van der Waals surface area contributed by atoms with Crippen LogP contribution in [-0.2, 0) is 0 Å². The standard InChI is InChI=1S/C17H29NO/c1-5-6-7-8-9-18-10-11-19-17-15(3)12-14(2)13-16(17)4/h12-13,18H,5-11H2,1-4H3. The van der Waals surface area contributed by atoms with Gasteiger partial charge in [-0.25, -0.2) is 0 Å². The largest absolute Gasteiger partial charge is 0.492 e. The summed E-state index contributed by atoms with van der Waals surface area (Å²) in [5.74, 6) is 1.05. The Morgan fingerprint density at radius 3 is 2.26 bits per heavy atom. The maximum Gasteiger partial charge on any atom is 0.125 e. The van der Waals surface area contributed by atoms with Crippen LogP contribution in [0.5, 0.6) is 5.75 Å². The molecule has 0 saturated heterocycles. The highest BCUT2D eigenvalue weighted by molar-refractivity contribution is 5.42. The number of nitrogens with one attached hydrogen (secondary N) is 1. The Morgan fingerprint density at radius 1 is 0.947 bits per heavy atom. The van der Waals surface area contributed by atoms with Gasteiger partial charge in [0.05, 0.1) is 0 Å². The van der Waals surface area contributed by atoms with Gasteiger partial charge in [-0.05, 0) is 44.9 Å². The minimum atomic E-state index is 0.749. The molecule has 1 aromatic carbocycles. The summed E-state index contributed by atoms with van der Waals surface area (Å²) >= 11 is 0. The van der Waals surface area contributed by atoms with Gasteiger partial charge in [0, 0.05) is 6.54 Å². The minimum Gasteiger partial charge on any atom is -0.492 e. The van der Waals surface area contributed by atoms with E-state index >= 15 is 0 Å². The second-order valence-corrected chi connectivity index (χ2v) is 5.39. The Morgan fingerprint density at radius 2 is 1.63 bits per heavy atom. The molecule has 0 aromatic heterocycles. The van der Waals surface area contributed by atoms with E-state index in [1.165, 1.54) is 42.4 Å². The SMILES string of the molecule is CCCCCCNCCOc1c(C)cc(C)cc1C. The molecule has 0 heterocycles. The highest BCUT2D eigenvalue weighted by Crippen LogP contribution is 2.24. The van der Waals surface area contributed by atoms with Gasteiger partial charge < -0.3 is 10.1 Å². The molecule has 0 radical (unpaired) electrons. The van der Waals surface area contributed by atoms with Gasteiger partial charge in [0.2, 0.25) is 0 Å². The lowest BCUT2D eigenvalue weighted by molar-refractivity contribution is 0.309. The second-order valence-electron chi connectivity index (χ2n) is 5.39. The van der Waals surface area contributed by atoms with Crippen molar-refractivity contribution in [3.05, 3.63) is 28.8 Å². The first kappa shape index (κ1) is 16.0. The maximum absolute atomic E-state index is 5.89. The van der Waals surface area contributed by atoms with E-state index in [1.807, 2.05) is 0 Å². The van der Waals surface area contributed by atoms with Gasteiger partial charge in [0.1, 0.15) is 12.4 Å². The number of rotatable bonds is 9. The van der Waals surface area contributed by atoms with E-state index in [9.17, 15) is 0 Å².